The van der Waals surface area contributed by atoms with Gasteiger partial charge in [-0.25, -0.2) is 18.7 Å². The number of halogens is 2. The van der Waals surface area contributed by atoms with Gasteiger partial charge in [-0.1, -0.05) is 6.07 Å². The molecule has 154 valence electrons. The van der Waals surface area contributed by atoms with Gasteiger partial charge in [0, 0.05) is 48.9 Å². The van der Waals surface area contributed by atoms with Crippen LogP contribution in [0.3, 0.4) is 0 Å². The Morgan fingerprint density at radius 2 is 1.90 bits per heavy atom. The molecule has 4 rings (SSSR count). The maximum absolute atomic E-state index is 14.0. The van der Waals surface area contributed by atoms with Crippen LogP contribution in [0.25, 0.3) is 0 Å². The van der Waals surface area contributed by atoms with E-state index in [4.69, 9.17) is 0 Å². The molecule has 1 aliphatic heterocycles. The molecule has 0 bridgehead atoms. The molecule has 2 heterocycles. The molecule has 5 nitrogen and oxygen atoms in total. The third-order valence-corrected chi connectivity index (χ3v) is 6.18. The van der Waals surface area contributed by atoms with Crippen LogP contribution >= 0.6 is 0 Å². The van der Waals surface area contributed by atoms with Crippen LogP contribution in [-0.4, -0.2) is 40.4 Å². The Hall–Kier alpha value is -2.57. The molecule has 2 atom stereocenters. The fourth-order valence-corrected chi connectivity index (χ4v) is 4.09. The van der Waals surface area contributed by atoms with Crippen molar-refractivity contribution in [3.8, 4) is 0 Å². The Bertz CT molecular complexity index is 891. The first-order valence-electron chi connectivity index (χ1n) is 10.2. The van der Waals surface area contributed by atoms with Gasteiger partial charge in [-0.15, -0.1) is 0 Å². The number of rotatable bonds is 5. The molecule has 0 unspecified atom stereocenters. The molecule has 7 heteroatoms. The number of carbonyl (C=O) groups excluding carboxylic acids is 1. The Kier molecular flexibility index (Phi) is 5.48. The highest BCUT2D eigenvalue weighted by Crippen LogP contribution is 2.50. The highest BCUT2D eigenvalue weighted by atomic mass is 19.1. The van der Waals surface area contributed by atoms with E-state index in [1.54, 1.807) is 0 Å². The van der Waals surface area contributed by atoms with E-state index in [1.807, 2.05) is 24.9 Å². The third-order valence-electron chi connectivity index (χ3n) is 6.18. The summed E-state index contributed by atoms with van der Waals surface area (Å²) in [5.41, 5.74) is 2.10. The van der Waals surface area contributed by atoms with Crippen LogP contribution in [0, 0.1) is 37.3 Å². The number of carbonyl (C=O) groups is 1. The molecule has 1 saturated carbocycles. The second-order valence-electron chi connectivity index (χ2n) is 8.20. The third kappa shape index (κ3) is 4.23. The van der Waals surface area contributed by atoms with Crippen molar-refractivity contribution < 1.29 is 13.6 Å². The number of benzene rings is 1. The quantitative estimate of drug-likeness (QED) is 0.829. The van der Waals surface area contributed by atoms with Crippen LogP contribution in [0.1, 0.15) is 42.0 Å². The van der Waals surface area contributed by atoms with E-state index in [0.717, 1.165) is 30.6 Å². The van der Waals surface area contributed by atoms with Crippen molar-refractivity contribution in [3.63, 3.8) is 0 Å². The predicted octanol–water partition coefficient (Wildman–Crippen LogP) is 3.83. The molecule has 1 saturated heterocycles. The summed E-state index contributed by atoms with van der Waals surface area (Å²) in [4.78, 5) is 23.4. The molecule has 1 aliphatic carbocycles. The number of aromatic nitrogens is 2. The minimum atomic E-state index is -0.552. The van der Waals surface area contributed by atoms with Gasteiger partial charge in [0.2, 0.25) is 11.9 Å². The lowest BCUT2D eigenvalue weighted by Crippen LogP contribution is -2.41. The number of hydrogen-bond donors (Lipinski definition) is 1. The molecule has 1 aromatic heterocycles. The number of amides is 1. The molecular formula is C22H26F2N4O. The van der Waals surface area contributed by atoms with Gasteiger partial charge in [0.05, 0.1) is 0 Å². The summed E-state index contributed by atoms with van der Waals surface area (Å²) in [6, 6.07) is 3.88. The topological polar surface area (TPSA) is 58.1 Å². The van der Waals surface area contributed by atoms with Crippen molar-refractivity contribution >= 4 is 11.9 Å². The zero-order valence-corrected chi connectivity index (χ0v) is 16.8. The zero-order chi connectivity index (χ0) is 20.5. The summed E-state index contributed by atoms with van der Waals surface area (Å²) in [6.45, 7) is 6.09. The van der Waals surface area contributed by atoms with Crippen molar-refractivity contribution in [2.45, 2.75) is 39.0 Å². The standard InChI is InChI=1S/C22H26F2N4O/c1-13-11-25-22(27-14(13)2)26-12-15-6-8-28(9-7-15)21(29)17-10-16(17)20-18(23)4-3-5-19(20)24/h3-5,11,15-17H,6-10,12H2,1-2H3,(H,25,26,27)/t16-,17-/m1/s1. The molecule has 1 amide bonds. The summed E-state index contributed by atoms with van der Waals surface area (Å²) >= 11 is 0. The summed E-state index contributed by atoms with van der Waals surface area (Å²) < 4.78 is 27.9. The van der Waals surface area contributed by atoms with Crippen LogP contribution in [0.4, 0.5) is 14.7 Å². The van der Waals surface area contributed by atoms with E-state index >= 15 is 0 Å². The molecule has 29 heavy (non-hydrogen) atoms. The number of piperidine rings is 1. The normalized spacial score (nSPS) is 21.9. The average Bonchev–Trinajstić information content (AvgIpc) is 3.49. The van der Waals surface area contributed by atoms with Gasteiger partial charge in [0.15, 0.2) is 0 Å². The van der Waals surface area contributed by atoms with Crippen molar-refractivity contribution in [1.29, 1.82) is 0 Å². The lowest BCUT2D eigenvalue weighted by molar-refractivity contribution is -0.134. The number of likely N-dealkylation sites (tertiary alicyclic amines) is 1. The number of anilines is 1. The highest BCUT2D eigenvalue weighted by Gasteiger charge is 2.48. The van der Waals surface area contributed by atoms with Crippen molar-refractivity contribution in [3.05, 3.63) is 52.9 Å². The van der Waals surface area contributed by atoms with E-state index in [2.05, 4.69) is 15.3 Å². The first-order valence-corrected chi connectivity index (χ1v) is 10.2. The van der Waals surface area contributed by atoms with E-state index in [0.29, 0.717) is 31.4 Å². The van der Waals surface area contributed by atoms with E-state index in [1.165, 1.54) is 18.2 Å². The van der Waals surface area contributed by atoms with Crippen LogP contribution in [0.5, 0.6) is 0 Å². The van der Waals surface area contributed by atoms with Gasteiger partial charge < -0.3 is 10.2 Å². The largest absolute Gasteiger partial charge is 0.354 e. The van der Waals surface area contributed by atoms with Crippen molar-refractivity contribution in [1.82, 2.24) is 14.9 Å². The molecular weight excluding hydrogens is 374 g/mol. The second-order valence-corrected chi connectivity index (χ2v) is 8.20. The monoisotopic (exact) mass is 400 g/mol. The minimum Gasteiger partial charge on any atom is -0.354 e. The second kappa shape index (κ2) is 8.05. The Labute approximate surface area is 169 Å². The molecule has 1 N–H and O–H groups in total. The summed E-state index contributed by atoms with van der Waals surface area (Å²) in [5.74, 6) is -0.610. The van der Waals surface area contributed by atoms with Gasteiger partial charge in [-0.3, -0.25) is 4.79 Å². The number of aryl methyl sites for hydroxylation is 2. The van der Waals surface area contributed by atoms with E-state index in [9.17, 15) is 13.6 Å². The van der Waals surface area contributed by atoms with Crippen LogP contribution in [0.2, 0.25) is 0 Å². The summed E-state index contributed by atoms with van der Waals surface area (Å²) in [6.07, 6.45) is 4.14. The smallest absolute Gasteiger partial charge is 0.226 e. The molecule has 0 radical (unpaired) electrons. The summed E-state index contributed by atoms with van der Waals surface area (Å²) in [7, 11) is 0. The average molecular weight is 400 g/mol. The first kappa shape index (κ1) is 19.7. The van der Waals surface area contributed by atoms with Crippen LogP contribution in [0.15, 0.2) is 24.4 Å². The minimum absolute atomic E-state index is 0.0292. The van der Waals surface area contributed by atoms with Crippen molar-refractivity contribution in [2.75, 3.05) is 25.0 Å². The highest BCUT2D eigenvalue weighted by molar-refractivity contribution is 5.83. The first-order chi connectivity index (χ1) is 13.9. The maximum Gasteiger partial charge on any atom is 0.226 e. The fourth-order valence-electron chi connectivity index (χ4n) is 4.09. The molecule has 2 aliphatic rings. The maximum atomic E-state index is 14.0. The molecule has 1 aromatic carbocycles. The number of nitrogens with zero attached hydrogens (tertiary/aromatic N) is 3. The lowest BCUT2D eigenvalue weighted by atomic mass is 9.96. The van der Waals surface area contributed by atoms with Gasteiger partial charge >= 0.3 is 0 Å². The van der Waals surface area contributed by atoms with Gasteiger partial charge in [0.25, 0.3) is 0 Å². The number of hydrogen-bond acceptors (Lipinski definition) is 4. The number of nitrogens with one attached hydrogen (secondary N) is 1. The van der Waals surface area contributed by atoms with E-state index < -0.39 is 11.6 Å². The molecule has 0 spiro atoms. The van der Waals surface area contributed by atoms with Crippen molar-refractivity contribution in [2.24, 2.45) is 11.8 Å². The molecule has 2 fully saturated rings. The Balaban J connectivity index is 1.26. The van der Waals surface area contributed by atoms with Gasteiger partial charge in [0.1, 0.15) is 11.6 Å². The predicted molar refractivity (Wildman–Crippen MR) is 107 cm³/mol. The fraction of sp³-hybridized carbons (Fsp3) is 0.500. The molecule has 2 aromatic rings. The summed E-state index contributed by atoms with van der Waals surface area (Å²) in [5, 5.41) is 3.29. The van der Waals surface area contributed by atoms with Gasteiger partial charge in [-0.2, -0.15) is 0 Å². The van der Waals surface area contributed by atoms with E-state index in [-0.39, 0.29) is 23.3 Å². The van der Waals surface area contributed by atoms with Crippen LogP contribution < -0.4 is 5.32 Å². The zero-order valence-electron chi connectivity index (χ0n) is 16.8. The SMILES string of the molecule is Cc1cnc(NCC2CCN(C(=O)[C@@H]3C[C@H]3c3c(F)cccc3F)CC2)nc1C. The van der Waals surface area contributed by atoms with Crippen LogP contribution in [-0.2, 0) is 4.79 Å². The van der Waals surface area contributed by atoms with Gasteiger partial charge in [-0.05, 0) is 56.7 Å². The Morgan fingerprint density at radius 1 is 1.21 bits per heavy atom. The lowest BCUT2D eigenvalue weighted by Gasteiger charge is -2.32. The Morgan fingerprint density at radius 3 is 2.55 bits per heavy atom.